The lowest BCUT2D eigenvalue weighted by molar-refractivity contribution is -0.125. The van der Waals surface area contributed by atoms with Crippen molar-refractivity contribution in [1.29, 1.82) is 0 Å². The Kier molecular flexibility index (Phi) is 8.07. The zero-order chi connectivity index (χ0) is 23.9. The first kappa shape index (κ1) is 24.0. The van der Waals surface area contributed by atoms with Gasteiger partial charge < -0.3 is 15.1 Å². The molecular weight excluding hydrogens is 458 g/mol. The Morgan fingerprint density at radius 2 is 1.69 bits per heavy atom. The minimum absolute atomic E-state index is 0.0178. The summed E-state index contributed by atoms with van der Waals surface area (Å²) in [6, 6.07) is 14.7. The van der Waals surface area contributed by atoms with Gasteiger partial charge in [-0.3, -0.25) is 14.3 Å². The van der Waals surface area contributed by atoms with Crippen molar-refractivity contribution in [1.82, 2.24) is 29.9 Å². The van der Waals surface area contributed by atoms with Crippen LogP contribution in [0.1, 0.15) is 24.8 Å². The van der Waals surface area contributed by atoms with E-state index in [2.05, 4.69) is 60.5 Å². The van der Waals surface area contributed by atoms with Crippen LogP contribution in [-0.4, -0.2) is 82.8 Å². The molecule has 0 bridgehead atoms. The summed E-state index contributed by atoms with van der Waals surface area (Å²) in [5.74, 6) is 0.196. The number of rotatable bonds is 9. The Bertz CT molecular complexity index is 1050. The van der Waals surface area contributed by atoms with E-state index in [0.29, 0.717) is 0 Å². The van der Waals surface area contributed by atoms with Gasteiger partial charge in [0.25, 0.3) is 0 Å². The fourth-order valence-electron chi connectivity index (χ4n) is 4.94. The quantitative estimate of drug-likeness (QED) is 0.463. The van der Waals surface area contributed by atoms with Gasteiger partial charge in [0.15, 0.2) is 0 Å². The molecular formula is C26H35N7OS. The molecule has 2 aromatic heterocycles. The summed E-state index contributed by atoms with van der Waals surface area (Å²) in [6.45, 7) is 8.90. The fourth-order valence-corrected chi connectivity index (χ4v) is 5.79. The molecule has 0 saturated carbocycles. The number of piperazine rings is 1. The SMILES string of the molecule is O=C(NCCCN1CCN(Cc2ccccc2)CC1)C1CCCN(c2nnc(-n3cccc3)s2)C1. The molecule has 8 nitrogen and oxygen atoms in total. The predicted molar refractivity (Wildman–Crippen MR) is 140 cm³/mol. The topological polar surface area (TPSA) is 69.5 Å². The van der Waals surface area contributed by atoms with Crippen molar-refractivity contribution in [2.24, 2.45) is 5.92 Å². The van der Waals surface area contributed by atoms with Crippen LogP contribution in [0.15, 0.2) is 54.9 Å². The molecule has 2 aliphatic rings. The van der Waals surface area contributed by atoms with Gasteiger partial charge in [0.1, 0.15) is 0 Å². The molecule has 1 atom stereocenters. The number of nitrogens with one attached hydrogen (secondary N) is 1. The molecule has 5 rings (SSSR count). The molecule has 0 spiro atoms. The van der Waals surface area contributed by atoms with Crippen molar-refractivity contribution >= 4 is 22.4 Å². The minimum Gasteiger partial charge on any atom is -0.356 e. The summed E-state index contributed by atoms with van der Waals surface area (Å²) in [4.78, 5) is 20.1. The molecule has 0 aliphatic carbocycles. The third-order valence-corrected chi connectivity index (χ3v) is 7.95. The van der Waals surface area contributed by atoms with E-state index in [1.165, 1.54) is 5.56 Å². The zero-order valence-electron chi connectivity index (χ0n) is 20.3. The number of amides is 1. The highest BCUT2D eigenvalue weighted by atomic mass is 32.1. The molecule has 1 unspecified atom stereocenters. The third-order valence-electron chi connectivity index (χ3n) is 6.96. The molecule has 9 heteroatoms. The lowest BCUT2D eigenvalue weighted by atomic mass is 9.97. The van der Waals surface area contributed by atoms with Gasteiger partial charge in [0.2, 0.25) is 16.2 Å². The Balaban J connectivity index is 0.998. The molecule has 1 amide bonds. The Hall–Kier alpha value is -2.75. The Labute approximate surface area is 211 Å². The average molecular weight is 494 g/mol. The average Bonchev–Trinajstić information content (AvgIpc) is 3.61. The van der Waals surface area contributed by atoms with Crippen molar-refractivity contribution in [3.05, 3.63) is 60.4 Å². The molecule has 186 valence electrons. The van der Waals surface area contributed by atoms with Gasteiger partial charge in [0, 0.05) is 64.8 Å². The van der Waals surface area contributed by atoms with Crippen LogP contribution in [0.3, 0.4) is 0 Å². The van der Waals surface area contributed by atoms with Crippen molar-refractivity contribution in [3.63, 3.8) is 0 Å². The molecule has 1 aromatic carbocycles. The van der Waals surface area contributed by atoms with E-state index < -0.39 is 0 Å². The maximum Gasteiger partial charge on any atom is 0.224 e. The molecule has 2 saturated heterocycles. The lowest BCUT2D eigenvalue weighted by Gasteiger charge is -2.34. The molecule has 1 N–H and O–H groups in total. The first-order chi connectivity index (χ1) is 17.2. The number of carbonyl (C=O) groups is 1. The minimum atomic E-state index is 0.0178. The summed E-state index contributed by atoms with van der Waals surface area (Å²) < 4.78 is 1.97. The highest BCUT2D eigenvalue weighted by Crippen LogP contribution is 2.27. The second kappa shape index (κ2) is 11.8. The molecule has 2 aliphatic heterocycles. The van der Waals surface area contributed by atoms with Crippen molar-refractivity contribution in [2.45, 2.75) is 25.8 Å². The van der Waals surface area contributed by atoms with Crippen LogP contribution in [-0.2, 0) is 11.3 Å². The summed E-state index contributed by atoms with van der Waals surface area (Å²) >= 11 is 1.57. The van der Waals surface area contributed by atoms with E-state index >= 15 is 0 Å². The molecule has 3 aromatic rings. The van der Waals surface area contributed by atoms with E-state index in [-0.39, 0.29) is 11.8 Å². The van der Waals surface area contributed by atoms with E-state index in [9.17, 15) is 4.79 Å². The predicted octanol–water partition coefficient (Wildman–Crippen LogP) is 2.87. The number of hydrogen-bond donors (Lipinski definition) is 1. The number of piperidine rings is 1. The largest absolute Gasteiger partial charge is 0.356 e. The van der Waals surface area contributed by atoms with E-state index in [0.717, 1.165) is 88.4 Å². The number of nitrogens with zero attached hydrogens (tertiary/aromatic N) is 6. The van der Waals surface area contributed by atoms with Crippen LogP contribution >= 0.6 is 11.3 Å². The Morgan fingerprint density at radius 3 is 2.49 bits per heavy atom. The van der Waals surface area contributed by atoms with Gasteiger partial charge >= 0.3 is 0 Å². The van der Waals surface area contributed by atoms with Gasteiger partial charge in [0.05, 0.1) is 5.92 Å². The van der Waals surface area contributed by atoms with Crippen LogP contribution in [0.4, 0.5) is 5.13 Å². The van der Waals surface area contributed by atoms with Crippen LogP contribution in [0.5, 0.6) is 0 Å². The van der Waals surface area contributed by atoms with Crippen molar-refractivity contribution in [3.8, 4) is 5.13 Å². The van der Waals surface area contributed by atoms with Crippen LogP contribution in [0.2, 0.25) is 0 Å². The number of aromatic nitrogens is 3. The lowest BCUT2D eigenvalue weighted by Crippen LogP contribution is -2.47. The fraction of sp³-hybridized carbons (Fsp3) is 0.500. The first-order valence-corrected chi connectivity index (χ1v) is 13.5. The van der Waals surface area contributed by atoms with E-state index in [1.54, 1.807) is 11.3 Å². The molecule has 35 heavy (non-hydrogen) atoms. The van der Waals surface area contributed by atoms with Gasteiger partial charge in [-0.25, -0.2) is 0 Å². The van der Waals surface area contributed by atoms with Gasteiger partial charge in [-0.15, -0.1) is 10.2 Å². The molecule has 4 heterocycles. The van der Waals surface area contributed by atoms with Gasteiger partial charge in [-0.2, -0.15) is 0 Å². The summed E-state index contributed by atoms with van der Waals surface area (Å²) in [7, 11) is 0. The highest BCUT2D eigenvalue weighted by molar-refractivity contribution is 7.17. The van der Waals surface area contributed by atoms with Crippen molar-refractivity contribution < 1.29 is 4.79 Å². The second-order valence-electron chi connectivity index (χ2n) is 9.49. The van der Waals surface area contributed by atoms with Crippen molar-refractivity contribution in [2.75, 3.05) is 57.3 Å². The monoisotopic (exact) mass is 493 g/mol. The van der Waals surface area contributed by atoms with Gasteiger partial charge in [-0.1, -0.05) is 41.7 Å². The molecule has 0 radical (unpaired) electrons. The maximum atomic E-state index is 12.8. The van der Waals surface area contributed by atoms with E-state index in [1.807, 2.05) is 29.1 Å². The number of benzene rings is 1. The summed E-state index contributed by atoms with van der Waals surface area (Å²) in [5.41, 5.74) is 1.39. The summed E-state index contributed by atoms with van der Waals surface area (Å²) in [5, 5.41) is 13.6. The van der Waals surface area contributed by atoms with E-state index in [4.69, 9.17) is 0 Å². The number of hydrogen-bond acceptors (Lipinski definition) is 7. The third kappa shape index (κ3) is 6.48. The maximum absolute atomic E-state index is 12.8. The Morgan fingerprint density at radius 1 is 0.943 bits per heavy atom. The van der Waals surface area contributed by atoms with Crippen LogP contribution < -0.4 is 10.2 Å². The first-order valence-electron chi connectivity index (χ1n) is 12.7. The van der Waals surface area contributed by atoms with Crippen LogP contribution in [0, 0.1) is 5.92 Å². The normalized spacial score (nSPS) is 19.7. The summed E-state index contributed by atoms with van der Waals surface area (Å²) in [6.07, 6.45) is 6.89. The molecule has 2 fully saturated rings. The second-order valence-corrected chi connectivity index (χ2v) is 10.4. The number of anilines is 1. The van der Waals surface area contributed by atoms with Gasteiger partial charge in [-0.05, 0) is 43.5 Å². The highest BCUT2D eigenvalue weighted by Gasteiger charge is 2.27. The standard InChI is InChI=1S/C26H35N7OS/c34-24(23-10-6-15-33(21-23)26-29-28-25(35-26)32-13-4-5-14-32)27-11-7-12-30-16-18-31(19-17-30)20-22-8-2-1-3-9-22/h1-5,8-9,13-14,23H,6-7,10-12,15-21H2,(H,27,34). The zero-order valence-corrected chi connectivity index (χ0v) is 21.1. The van der Waals surface area contributed by atoms with Crippen LogP contribution in [0.25, 0.3) is 5.13 Å². The number of carbonyl (C=O) groups excluding carboxylic acids is 1. The smallest absolute Gasteiger partial charge is 0.224 e.